The first-order valence-electron chi connectivity index (χ1n) is 7.88. The molecule has 0 spiro atoms. The van der Waals surface area contributed by atoms with Crippen LogP contribution in [0.15, 0.2) is 30.3 Å². The molecule has 1 aromatic rings. The molecule has 1 heterocycles. The summed E-state index contributed by atoms with van der Waals surface area (Å²) in [6, 6.07) is 9.67. The van der Waals surface area contributed by atoms with Gasteiger partial charge in [-0.2, -0.15) is 5.01 Å². The zero-order chi connectivity index (χ0) is 15.5. The lowest BCUT2D eigenvalue weighted by atomic mass is 9.81. The smallest absolute Gasteiger partial charge is 0.252 e. The molecule has 1 saturated heterocycles. The van der Waals surface area contributed by atoms with Gasteiger partial charge in [0, 0.05) is 6.42 Å². The molecular formula is C17H20N2O3. The maximum atomic E-state index is 12.3. The van der Waals surface area contributed by atoms with Gasteiger partial charge < -0.3 is 0 Å². The second-order valence-electron chi connectivity index (χ2n) is 6.03. The number of carbonyl (C=O) groups is 3. The number of imide groups is 1. The van der Waals surface area contributed by atoms with Crippen LogP contribution in [0.2, 0.25) is 0 Å². The fourth-order valence-electron chi connectivity index (χ4n) is 3.36. The van der Waals surface area contributed by atoms with Crippen molar-refractivity contribution in [3.05, 3.63) is 35.9 Å². The Bertz CT molecular complexity index is 561. The van der Waals surface area contributed by atoms with Gasteiger partial charge in [0.15, 0.2) is 0 Å². The Labute approximate surface area is 129 Å². The lowest BCUT2D eigenvalue weighted by Crippen LogP contribution is -2.46. The van der Waals surface area contributed by atoms with Crippen LogP contribution in [0.1, 0.15) is 37.7 Å². The highest BCUT2D eigenvalue weighted by Gasteiger charge is 2.48. The Morgan fingerprint density at radius 3 is 2.23 bits per heavy atom. The van der Waals surface area contributed by atoms with Crippen LogP contribution in [0.5, 0.6) is 0 Å². The van der Waals surface area contributed by atoms with Crippen LogP contribution >= 0.6 is 0 Å². The summed E-state index contributed by atoms with van der Waals surface area (Å²) in [5.74, 6) is -1.21. The Kier molecular flexibility index (Phi) is 4.22. The number of hydrogen-bond acceptors (Lipinski definition) is 3. The highest BCUT2D eigenvalue weighted by Crippen LogP contribution is 2.37. The third-order valence-electron chi connectivity index (χ3n) is 4.56. The first-order valence-corrected chi connectivity index (χ1v) is 7.88. The number of aryl methyl sites for hydroxylation is 1. The fraction of sp³-hybridized carbons (Fsp3) is 0.471. The van der Waals surface area contributed by atoms with E-state index in [4.69, 9.17) is 0 Å². The van der Waals surface area contributed by atoms with E-state index in [1.165, 1.54) is 0 Å². The fourth-order valence-corrected chi connectivity index (χ4v) is 3.36. The van der Waals surface area contributed by atoms with Gasteiger partial charge in [-0.1, -0.05) is 43.2 Å². The minimum Gasteiger partial charge on any atom is -0.273 e. The molecule has 2 atom stereocenters. The lowest BCUT2D eigenvalue weighted by molar-refractivity contribution is -0.149. The van der Waals surface area contributed by atoms with E-state index in [9.17, 15) is 14.4 Å². The molecule has 1 N–H and O–H groups in total. The average Bonchev–Trinajstić information content (AvgIpc) is 2.79. The number of benzene rings is 1. The van der Waals surface area contributed by atoms with Crippen molar-refractivity contribution in [3.63, 3.8) is 0 Å². The summed E-state index contributed by atoms with van der Waals surface area (Å²) < 4.78 is 0. The Balaban J connectivity index is 1.57. The van der Waals surface area contributed by atoms with Gasteiger partial charge in [0.25, 0.3) is 11.8 Å². The van der Waals surface area contributed by atoms with E-state index in [0.717, 1.165) is 36.3 Å². The van der Waals surface area contributed by atoms with E-state index in [1.54, 1.807) is 0 Å². The molecule has 0 bridgehead atoms. The third kappa shape index (κ3) is 2.89. The van der Waals surface area contributed by atoms with Crippen molar-refractivity contribution < 1.29 is 14.4 Å². The van der Waals surface area contributed by atoms with Crippen LogP contribution in [0, 0.1) is 11.8 Å². The number of amides is 3. The monoisotopic (exact) mass is 300 g/mol. The van der Waals surface area contributed by atoms with Crippen LogP contribution in [0.4, 0.5) is 0 Å². The number of carbonyl (C=O) groups excluding carboxylic acids is 3. The predicted molar refractivity (Wildman–Crippen MR) is 80.2 cm³/mol. The van der Waals surface area contributed by atoms with Crippen LogP contribution in [0.3, 0.4) is 0 Å². The maximum absolute atomic E-state index is 12.3. The number of hydrogen-bond donors (Lipinski definition) is 1. The van der Waals surface area contributed by atoms with Gasteiger partial charge in [-0.15, -0.1) is 0 Å². The molecule has 1 aliphatic heterocycles. The molecule has 3 amide bonds. The van der Waals surface area contributed by atoms with E-state index in [2.05, 4.69) is 5.43 Å². The first kappa shape index (κ1) is 14.8. The van der Waals surface area contributed by atoms with Crippen LogP contribution in [0.25, 0.3) is 0 Å². The summed E-state index contributed by atoms with van der Waals surface area (Å²) in [7, 11) is 0. The van der Waals surface area contributed by atoms with E-state index >= 15 is 0 Å². The Hall–Kier alpha value is -2.17. The summed E-state index contributed by atoms with van der Waals surface area (Å²) >= 11 is 0. The second-order valence-corrected chi connectivity index (χ2v) is 6.03. The molecule has 0 unspecified atom stereocenters. The molecule has 0 radical (unpaired) electrons. The van der Waals surface area contributed by atoms with Gasteiger partial charge >= 0.3 is 0 Å². The van der Waals surface area contributed by atoms with Gasteiger partial charge in [-0.3, -0.25) is 19.8 Å². The average molecular weight is 300 g/mol. The second kappa shape index (κ2) is 6.30. The molecule has 5 heteroatoms. The molecule has 22 heavy (non-hydrogen) atoms. The van der Waals surface area contributed by atoms with E-state index in [1.807, 2.05) is 30.3 Å². The Morgan fingerprint density at radius 2 is 1.64 bits per heavy atom. The van der Waals surface area contributed by atoms with Crippen molar-refractivity contribution in [1.29, 1.82) is 0 Å². The molecule has 5 nitrogen and oxygen atoms in total. The van der Waals surface area contributed by atoms with Crippen molar-refractivity contribution in [2.24, 2.45) is 11.8 Å². The first-order chi connectivity index (χ1) is 10.7. The van der Waals surface area contributed by atoms with E-state index in [0.29, 0.717) is 6.42 Å². The molecule has 1 aromatic carbocycles. The van der Waals surface area contributed by atoms with Crippen molar-refractivity contribution in [3.8, 4) is 0 Å². The number of nitrogens with zero attached hydrogens (tertiary/aromatic N) is 1. The SMILES string of the molecule is O=C(CCc1ccccc1)NN1C(=O)[C@@H]2CCCC[C@H]2C1=O. The minimum absolute atomic E-state index is 0.226. The van der Waals surface area contributed by atoms with Gasteiger partial charge in [-0.05, 0) is 24.8 Å². The number of nitrogens with one attached hydrogen (secondary N) is 1. The number of hydrazine groups is 1. The normalized spacial score (nSPS) is 24.3. The minimum atomic E-state index is -0.288. The van der Waals surface area contributed by atoms with Crippen molar-refractivity contribution in [1.82, 2.24) is 10.4 Å². The molecule has 1 aliphatic carbocycles. The molecule has 0 aromatic heterocycles. The highest BCUT2D eigenvalue weighted by molar-refractivity contribution is 6.06. The molecule has 3 rings (SSSR count). The summed E-state index contributed by atoms with van der Waals surface area (Å²) in [5, 5.41) is 0.966. The van der Waals surface area contributed by atoms with Crippen LogP contribution in [-0.2, 0) is 20.8 Å². The third-order valence-corrected chi connectivity index (χ3v) is 4.56. The van der Waals surface area contributed by atoms with E-state index in [-0.39, 0.29) is 36.0 Å². The van der Waals surface area contributed by atoms with E-state index < -0.39 is 0 Å². The molecular weight excluding hydrogens is 280 g/mol. The summed E-state index contributed by atoms with van der Waals surface area (Å²) in [6.07, 6.45) is 4.33. The Morgan fingerprint density at radius 1 is 1.05 bits per heavy atom. The maximum Gasteiger partial charge on any atom is 0.252 e. The topological polar surface area (TPSA) is 66.5 Å². The highest BCUT2D eigenvalue weighted by atomic mass is 16.2. The zero-order valence-electron chi connectivity index (χ0n) is 12.5. The van der Waals surface area contributed by atoms with Crippen molar-refractivity contribution in [2.75, 3.05) is 0 Å². The van der Waals surface area contributed by atoms with Crippen molar-refractivity contribution >= 4 is 17.7 Å². The van der Waals surface area contributed by atoms with Crippen LogP contribution in [-0.4, -0.2) is 22.7 Å². The number of rotatable bonds is 4. The standard InChI is InChI=1S/C17H20N2O3/c20-15(11-10-12-6-2-1-3-7-12)18-19-16(21)13-8-4-5-9-14(13)17(19)22/h1-3,6-7,13-14H,4-5,8-11H2,(H,18,20)/t13-,14-/m1/s1. The van der Waals surface area contributed by atoms with Gasteiger partial charge in [0.1, 0.15) is 0 Å². The molecule has 2 fully saturated rings. The van der Waals surface area contributed by atoms with Gasteiger partial charge in [0.05, 0.1) is 11.8 Å². The van der Waals surface area contributed by atoms with Crippen LogP contribution < -0.4 is 5.43 Å². The number of fused-ring (bicyclic) bond motifs is 1. The summed E-state index contributed by atoms with van der Waals surface area (Å²) in [6.45, 7) is 0. The molecule has 2 aliphatic rings. The summed E-state index contributed by atoms with van der Waals surface area (Å²) in [5.41, 5.74) is 3.56. The molecule has 1 saturated carbocycles. The summed E-state index contributed by atoms with van der Waals surface area (Å²) in [4.78, 5) is 36.5. The zero-order valence-corrected chi connectivity index (χ0v) is 12.5. The van der Waals surface area contributed by atoms with Gasteiger partial charge in [-0.25, -0.2) is 0 Å². The lowest BCUT2D eigenvalue weighted by Gasteiger charge is -2.19. The quantitative estimate of drug-likeness (QED) is 0.863. The largest absolute Gasteiger partial charge is 0.273 e. The predicted octanol–water partition coefficient (Wildman–Crippen LogP) is 1.83. The molecule has 116 valence electrons. The van der Waals surface area contributed by atoms with Crippen molar-refractivity contribution in [2.45, 2.75) is 38.5 Å². The van der Waals surface area contributed by atoms with Gasteiger partial charge in [0.2, 0.25) is 5.91 Å².